The largest absolute Gasteiger partial charge is 0.250 e. The van der Waals surface area contributed by atoms with Gasteiger partial charge in [-0.3, -0.25) is 0 Å². The summed E-state index contributed by atoms with van der Waals surface area (Å²) in [7, 11) is 0. The number of nitrogens with zero attached hydrogens (tertiary/aromatic N) is 3. The summed E-state index contributed by atoms with van der Waals surface area (Å²) in [5.41, 5.74) is 1.25. The molecular weight excluding hydrogens is 305 g/mol. The molecule has 1 heterocycles. The van der Waals surface area contributed by atoms with E-state index in [1.54, 1.807) is 6.33 Å². The number of alkyl halides is 1. The van der Waals surface area contributed by atoms with Gasteiger partial charge in [0.1, 0.15) is 12.2 Å². The summed E-state index contributed by atoms with van der Waals surface area (Å²) in [5, 5.41) is 5.07. The molecule has 2 rings (SSSR count). The fraction of sp³-hybridized carbons (Fsp3) is 0.500. The van der Waals surface area contributed by atoms with Crippen molar-refractivity contribution in [1.29, 1.82) is 0 Å². The van der Waals surface area contributed by atoms with Crippen molar-refractivity contribution < 1.29 is 0 Å². The molecule has 0 saturated carbocycles. The second kappa shape index (κ2) is 7.81. The van der Waals surface area contributed by atoms with E-state index < -0.39 is 0 Å². The van der Waals surface area contributed by atoms with Gasteiger partial charge < -0.3 is 0 Å². The van der Waals surface area contributed by atoms with Crippen LogP contribution in [-0.2, 0) is 19.4 Å². The normalized spacial score (nSPS) is 12.8. The van der Waals surface area contributed by atoms with Gasteiger partial charge in [-0.15, -0.1) is 11.6 Å². The van der Waals surface area contributed by atoms with Crippen LogP contribution in [0.5, 0.6) is 0 Å². The Morgan fingerprint density at radius 2 is 1.86 bits per heavy atom. The maximum absolute atomic E-state index is 6.14. The van der Waals surface area contributed by atoms with Gasteiger partial charge in [-0.1, -0.05) is 37.6 Å². The molecule has 1 unspecified atom stereocenters. The molecule has 114 valence electrons. The van der Waals surface area contributed by atoms with E-state index in [0.29, 0.717) is 17.7 Å². The first-order valence-electron chi connectivity index (χ1n) is 7.25. The molecule has 0 spiro atoms. The summed E-state index contributed by atoms with van der Waals surface area (Å²) in [4.78, 5) is 4.38. The van der Waals surface area contributed by atoms with Crippen molar-refractivity contribution in [2.75, 3.05) is 5.88 Å². The molecule has 0 aliphatic rings. The maximum Gasteiger partial charge on any atom is 0.138 e. The summed E-state index contributed by atoms with van der Waals surface area (Å²) < 4.78 is 1.99. The molecule has 0 bridgehead atoms. The van der Waals surface area contributed by atoms with Gasteiger partial charge >= 0.3 is 0 Å². The van der Waals surface area contributed by atoms with Crippen LogP contribution in [0.2, 0.25) is 5.02 Å². The van der Waals surface area contributed by atoms with Crippen LogP contribution >= 0.6 is 23.2 Å². The number of halogens is 2. The Morgan fingerprint density at radius 3 is 2.48 bits per heavy atom. The second-order valence-electron chi connectivity index (χ2n) is 5.81. The minimum Gasteiger partial charge on any atom is -0.250 e. The van der Waals surface area contributed by atoms with Gasteiger partial charge in [-0.05, 0) is 36.0 Å². The van der Waals surface area contributed by atoms with E-state index in [-0.39, 0.29) is 0 Å². The molecule has 0 aliphatic heterocycles. The average Bonchev–Trinajstić information content (AvgIpc) is 2.87. The molecule has 3 nitrogen and oxygen atoms in total. The van der Waals surface area contributed by atoms with E-state index in [4.69, 9.17) is 23.2 Å². The predicted molar refractivity (Wildman–Crippen MR) is 87.9 cm³/mol. The third kappa shape index (κ3) is 5.01. The molecule has 2 aromatic rings. The van der Waals surface area contributed by atoms with Crippen LogP contribution in [0.25, 0.3) is 0 Å². The number of hydrogen-bond acceptors (Lipinski definition) is 2. The summed E-state index contributed by atoms with van der Waals surface area (Å²) in [6.07, 6.45) is 3.40. The Balaban J connectivity index is 2.02. The van der Waals surface area contributed by atoms with Crippen molar-refractivity contribution in [3.05, 3.63) is 47.0 Å². The zero-order chi connectivity index (χ0) is 15.2. The van der Waals surface area contributed by atoms with Gasteiger partial charge in [0.25, 0.3) is 0 Å². The standard InChI is InChI=1S/C16H21Cl2N3/c1-12(2)10-21-16(19-11-20-21)8-14(9-17)7-13-3-5-15(18)6-4-13/h3-6,11-12,14H,7-10H2,1-2H3. The van der Waals surface area contributed by atoms with Crippen molar-refractivity contribution in [2.45, 2.75) is 33.2 Å². The lowest BCUT2D eigenvalue weighted by Gasteiger charge is -2.15. The summed E-state index contributed by atoms with van der Waals surface area (Å²) in [6, 6.07) is 7.95. The number of hydrogen-bond donors (Lipinski definition) is 0. The quantitative estimate of drug-likeness (QED) is 0.713. The van der Waals surface area contributed by atoms with Crippen LogP contribution in [0, 0.1) is 11.8 Å². The molecular formula is C16H21Cl2N3. The zero-order valence-corrected chi connectivity index (χ0v) is 14.0. The van der Waals surface area contributed by atoms with Crippen molar-refractivity contribution in [3.8, 4) is 0 Å². The van der Waals surface area contributed by atoms with E-state index >= 15 is 0 Å². The van der Waals surface area contributed by atoms with Gasteiger partial charge in [0, 0.05) is 23.9 Å². The fourth-order valence-electron chi connectivity index (χ4n) is 2.34. The lowest BCUT2D eigenvalue weighted by atomic mass is 9.97. The summed E-state index contributed by atoms with van der Waals surface area (Å²) in [5.74, 6) is 2.53. The summed E-state index contributed by atoms with van der Waals surface area (Å²) >= 11 is 12.1. The van der Waals surface area contributed by atoms with Crippen molar-refractivity contribution in [3.63, 3.8) is 0 Å². The van der Waals surface area contributed by atoms with E-state index in [0.717, 1.165) is 30.2 Å². The van der Waals surface area contributed by atoms with E-state index in [2.05, 4.69) is 36.1 Å². The minimum atomic E-state index is 0.350. The first kappa shape index (κ1) is 16.3. The molecule has 0 N–H and O–H groups in total. The van der Waals surface area contributed by atoms with Crippen molar-refractivity contribution in [2.24, 2.45) is 11.8 Å². The Kier molecular flexibility index (Phi) is 6.07. The molecule has 5 heteroatoms. The molecule has 0 saturated heterocycles. The molecule has 1 aromatic carbocycles. The minimum absolute atomic E-state index is 0.350. The van der Waals surface area contributed by atoms with Crippen molar-refractivity contribution >= 4 is 23.2 Å². The molecule has 0 fully saturated rings. The highest BCUT2D eigenvalue weighted by Crippen LogP contribution is 2.17. The molecule has 0 aliphatic carbocycles. The monoisotopic (exact) mass is 325 g/mol. The van der Waals surface area contributed by atoms with Gasteiger partial charge in [0.2, 0.25) is 0 Å². The molecule has 1 aromatic heterocycles. The SMILES string of the molecule is CC(C)Cn1ncnc1CC(CCl)Cc1ccc(Cl)cc1. The highest BCUT2D eigenvalue weighted by Gasteiger charge is 2.14. The predicted octanol–water partition coefficient (Wildman–Crippen LogP) is 4.23. The molecule has 1 atom stereocenters. The second-order valence-corrected chi connectivity index (χ2v) is 6.55. The number of rotatable bonds is 7. The Hall–Kier alpha value is -1.06. The Morgan fingerprint density at radius 1 is 1.14 bits per heavy atom. The Labute approximate surface area is 136 Å². The fourth-order valence-corrected chi connectivity index (χ4v) is 2.68. The lowest BCUT2D eigenvalue weighted by molar-refractivity contribution is 0.448. The van der Waals surface area contributed by atoms with Gasteiger partial charge in [-0.25, -0.2) is 9.67 Å². The third-order valence-corrected chi connectivity index (χ3v) is 4.05. The molecule has 21 heavy (non-hydrogen) atoms. The van der Waals surface area contributed by atoms with E-state index in [9.17, 15) is 0 Å². The van der Waals surface area contributed by atoms with Crippen LogP contribution in [0.1, 0.15) is 25.2 Å². The highest BCUT2D eigenvalue weighted by atomic mass is 35.5. The first-order chi connectivity index (χ1) is 10.1. The molecule has 0 amide bonds. The van der Waals surface area contributed by atoms with Gasteiger partial charge in [0.05, 0.1) is 0 Å². The lowest BCUT2D eigenvalue weighted by Crippen LogP contribution is -2.16. The number of aromatic nitrogens is 3. The number of benzene rings is 1. The van der Waals surface area contributed by atoms with Crippen LogP contribution in [0.4, 0.5) is 0 Å². The van der Waals surface area contributed by atoms with E-state index in [1.165, 1.54) is 5.56 Å². The van der Waals surface area contributed by atoms with Gasteiger partial charge in [-0.2, -0.15) is 5.10 Å². The maximum atomic E-state index is 6.14. The Bertz CT molecular complexity index is 549. The topological polar surface area (TPSA) is 30.7 Å². The third-order valence-electron chi connectivity index (χ3n) is 3.36. The smallest absolute Gasteiger partial charge is 0.138 e. The first-order valence-corrected chi connectivity index (χ1v) is 8.16. The van der Waals surface area contributed by atoms with Crippen LogP contribution in [0.15, 0.2) is 30.6 Å². The van der Waals surface area contributed by atoms with Crippen LogP contribution in [0.3, 0.4) is 0 Å². The summed E-state index contributed by atoms with van der Waals surface area (Å²) in [6.45, 7) is 5.25. The highest BCUT2D eigenvalue weighted by molar-refractivity contribution is 6.30. The van der Waals surface area contributed by atoms with Crippen LogP contribution in [-0.4, -0.2) is 20.6 Å². The zero-order valence-electron chi connectivity index (χ0n) is 12.5. The average molecular weight is 326 g/mol. The van der Waals surface area contributed by atoms with Crippen molar-refractivity contribution in [1.82, 2.24) is 14.8 Å². The van der Waals surface area contributed by atoms with Gasteiger partial charge in [0.15, 0.2) is 0 Å². The molecule has 0 radical (unpaired) electrons. The van der Waals surface area contributed by atoms with E-state index in [1.807, 2.05) is 16.8 Å². The van der Waals surface area contributed by atoms with Crippen LogP contribution < -0.4 is 0 Å².